The second-order valence-electron chi connectivity index (χ2n) is 6.34. The number of aryl methyl sites for hydroxylation is 1. The first-order valence-corrected chi connectivity index (χ1v) is 9.01. The second-order valence-corrected chi connectivity index (χ2v) is 6.34. The zero-order chi connectivity index (χ0) is 19.2. The van der Waals surface area contributed by atoms with Gasteiger partial charge in [-0.2, -0.15) is 8.78 Å². The van der Waals surface area contributed by atoms with Gasteiger partial charge in [0.05, 0.1) is 0 Å². The quantitative estimate of drug-likeness (QED) is 0.356. The standard InChI is InChI=1S/C18H24F2N6O.HI/c1-3-21-18(22-11-16-24-23-15-5-4-10-26(15)16)25(2)12-13-6-8-14(9-7-13)27-17(19)20;/h6-9,17H,3-5,10-12H2,1-2H3,(H,21,22);1H. The minimum Gasteiger partial charge on any atom is -0.435 e. The Morgan fingerprint density at radius 3 is 2.75 bits per heavy atom. The summed E-state index contributed by atoms with van der Waals surface area (Å²) in [4.78, 5) is 6.65. The van der Waals surface area contributed by atoms with Crippen LogP contribution in [0, 0.1) is 0 Å². The third-order valence-electron chi connectivity index (χ3n) is 4.32. The normalized spacial score (nSPS) is 13.2. The Kier molecular flexibility index (Phi) is 8.39. The van der Waals surface area contributed by atoms with Crippen LogP contribution in [-0.4, -0.2) is 45.8 Å². The Balaban J connectivity index is 0.00000280. The van der Waals surface area contributed by atoms with E-state index in [1.807, 2.05) is 18.9 Å². The Morgan fingerprint density at radius 2 is 2.07 bits per heavy atom. The summed E-state index contributed by atoms with van der Waals surface area (Å²) in [5.74, 6) is 2.81. The van der Waals surface area contributed by atoms with E-state index >= 15 is 0 Å². The predicted octanol–water partition coefficient (Wildman–Crippen LogP) is 3.04. The average molecular weight is 506 g/mol. The molecule has 0 amide bonds. The number of benzene rings is 1. The molecule has 0 bridgehead atoms. The van der Waals surface area contributed by atoms with Crippen LogP contribution < -0.4 is 10.1 Å². The van der Waals surface area contributed by atoms with Crippen molar-refractivity contribution in [2.75, 3.05) is 13.6 Å². The second kappa shape index (κ2) is 10.5. The van der Waals surface area contributed by atoms with Crippen LogP contribution in [0.3, 0.4) is 0 Å². The maximum atomic E-state index is 12.2. The molecule has 2 aromatic rings. The van der Waals surface area contributed by atoms with Crippen LogP contribution in [0.2, 0.25) is 0 Å². The lowest BCUT2D eigenvalue weighted by molar-refractivity contribution is -0.0498. The highest BCUT2D eigenvalue weighted by molar-refractivity contribution is 14.0. The van der Waals surface area contributed by atoms with E-state index in [9.17, 15) is 8.78 Å². The largest absolute Gasteiger partial charge is 0.435 e. The molecule has 1 aliphatic rings. The monoisotopic (exact) mass is 506 g/mol. The molecule has 0 spiro atoms. The van der Waals surface area contributed by atoms with Gasteiger partial charge in [0.25, 0.3) is 0 Å². The number of aromatic nitrogens is 3. The molecule has 0 unspecified atom stereocenters. The molecule has 1 aliphatic heterocycles. The van der Waals surface area contributed by atoms with Gasteiger partial charge in [0, 0.05) is 33.1 Å². The Hall–Kier alpha value is -1.98. The van der Waals surface area contributed by atoms with Gasteiger partial charge >= 0.3 is 6.61 Å². The fourth-order valence-electron chi connectivity index (χ4n) is 3.07. The number of guanidine groups is 1. The number of hydrogen-bond acceptors (Lipinski definition) is 4. The van der Waals surface area contributed by atoms with Gasteiger partial charge in [0.15, 0.2) is 11.8 Å². The van der Waals surface area contributed by atoms with Crippen molar-refractivity contribution in [2.24, 2.45) is 4.99 Å². The van der Waals surface area contributed by atoms with E-state index in [2.05, 4.69) is 29.8 Å². The maximum absolute atomic E-state index is 12.2. The highest BCUT2D eigenvalue weighted by Crippen LogP contribution is 2.16. The molecule has 1 aromatic heterocycles. The summed E-state index contributed by atoms with van der Waals surface area (Å²) in [7, 11) is 1.93. The molecule has 1 N–H and O–H groups in total. The van der Waals surface area contributed by atoms with Crippen molar-refractivity contribution >= 4 is 29.9 Å². The maximum Gasteiger partial charge on any atom is 0.387 e. The molecular formula is C18H25F2IN6O. The molecule has 154 valence electrons. The molecule has 0 saturated heterocycles. The van der Waals surface area contributed by atoms with Gasteiger partial charge in [-0.25, -0.2) is 4.99 Å². The highest BCUT2D eigenvalue weighted by Gasteiger charge is 2.17. The number of alkyl halides is 2. The lowest BCUT2D eigenvalue weighted by Gasteiger charge is -2.22. The first-order chi connectivity index (χ1) is 13.1. The van der Waals surface area contributed by atoms with Crippen molar-refractivity contribution in [1.82, 2.24) is 25.0 Å². The van der Waals surface area contributed by atoms with E-state index in [1.54, 1.807) is 24.3 Å². The summed E-state index contributed by atoms with van der Waals surface area (Å²) in [6, 6.07) is 6.62. The number of hydrogen-bond donors (Lipinski definition) is 1. The van der Waals surface area contributed by atoms with Crippen LogP contribution in [0.5, 0.6) is 5.75 Å². The van der Waals surface area contributed by atoms with Crippen molar-refractivity contribution in [3.8, 4) is 5.75 Å². The lowest BCUT2D eigenvalue weighted by atomic mass is 10.2. The van der Waals surface area contributed by atoms with E-state index in [-0.39, 0.29) is 29.7 Å². The van der Waals surface area contributed by atoms with Gasteiger partial charge in [-0.1, -0.05) is 12.1 Å². The zero-order valence-corrected chi connectivity index (χ0v) is 18.3. The van der Waals surface area contributed by atoms with Gasteiger partial charge < -0.3 is 19.5 Å². The summed E-state index contributed by atoms with van der Waals surface area (Å²) < 4.78 is 31.0. The topological polar surface area (TPSA) is 67.6 Å². The first kappa shape index (κ1) is 22.3. The number of fused-ring (bicyclic) bond motifs is 1. The molecule has 1 aromatic carbocycles. The number of nitrogens with zero attached hydrogens (tertiary/aromatic N) is 5. The van der Waals surface area contributed by atoms with Gasteiger partial charge in [-0.3, -0.25) is 0 Å². The van der Waals surface area contributed by atoms with Crippen molar-refractivity contribution < 1.29 is 13.5 Å². The number of ether oxygens (including phenoxy) is 1. The number of halogens is 3. The molecule has 3 rings (SSSR count). The van der Waals surface area contributed by atoms with Gasteiger partial charge in [-0.15, -0.1) is 34.2 Å². The molecule has 0 saturated carbocycles. The van der Waals surface area contributed by atoms with Gasteiger partial charge in [0.2, 0.25) is 0 Å². The lowest BCUT2D eigenvalue weighted by Crippen LogP contribution is -2.38. The number of nitrogens with one attached hydrogen (secondary N) is 1. The Morgan fingerprint density at radius 1 is 1.32 bits per heavy atom. The van der Waals surface area contributed by atoms with Crippen molar-refractivity contribution in [1.29, 1.82) is 0 Å². The first-order valence-electron chi connectivity index (χ1n) is 9.01. The summed E-state index contributed by atoms with van der Waals surface area (Å²) in [5.41, 5.74) is 0.966. The Labute approximate surface area is 180 Å². The van der Waals surface area contributed by atoms with E-state index in [4.69, 9.17) is 0 Å². The van der Waals surface area contributed by atoms with Crippen LogP contribution in [-0.2, 0) is 26.1 Å². The summed E-state index contributed by atoms with van der Waals surface area (Å²) in [6.45, 7) is 1.92. The smallest absolute Gasteiger partial charge is 0.387 e. The Bertz CT molecular complexity index is 781. The number of rotatable bonds is 7. The molecule has 7 nitrogen and oxygen atoms in total. The highest BCUT2D eigenvalue weighted by atomic mass is 127. The van der Waals surface area contributed by atoms with Crippen LogP contribution in [0.1, 0.15) is 30.6 Å². The van der Waals surface area contributed by atoms with E-state index in [1.165, 1.54) is 0 Å². The molecule has 10 heteroatoms. The van der Waals surface area contributed by atoms with Crippen molar-refractivity contribution in [3.05, 3.63) is 41.5 Å². The molecule has 0 atom stereocenters. The van der Waals surface area contributed by atoms with E-state index in [0.29, 0.717) is 13.1 Å². The fraction of sp³-hybridized carbons (Fsp3) is 0.500. The molecule has 2 heterocycles. The average Bonchev–Trinajstić information content (AvgIpc) is 3.24. The SMILES string of the molecule is CCNC(=NCc1nnc2n1CCC2)N(C)Cc1ccc(OC(F)F)cc1.I. The van der Waals surface area contributed by atoms with Crippen molar-refractivity contribution in [3.63, 3.8) is 0 Å². The molecular weight excluding hydrogens is 481 g/mol. The summed E-state index contributed by atoms with van der Waals surface area (Å²) in [5, 5.41) is 11.7. The number of aliphatic imine (C=N–C) groups is 1. The predicted molar refractivity (Wildman–Crippen MR) is 113 cm³/mol. The van der Waals surface area contributed by atoms with Crippen LogP contribution in [0.4, 0.5) is 8.78 Å². The fourth-order valence-corrected chi connectivity index (χ4v) is 3.07. The minimum atomic E-state index is -2.82. The molecule has 0 fully saturated rings. The van der Waals surface area contributed by atoms with E-state index < -0.39 is 6.61 Å². The minimum absolute atomic E-state index is 0. The van der Waals surface area contributed by atoms with Gasteiger partial charge in [-0.05, 0) is 31.0 Å². The van der Waals surface area contributed by atoms with E-state index in [0.717, 1.165) is 49.1 Å². The summed E-state index contributed by atoms with van der Waals surface area (Å²) >= 11 is 0. The zero-order valence-electron chi connectivity index (χ0n) is 15.9. The van der Waals surface area contributed by atoms with Crippen LogP contribution in [0.25, 0.3) is 0 Å². The van der Waals surface area contributed by atoms with Crippen LogP contribution in [0.15, 0.2) is 29.3 Å². The molecule has 0 aliphatic carbocycles. The van der Waals surface area contributed by atoms with Gasteiger partial charge in [0.1, 0.15) is 18.1 Å². The molecule has 0 radical (unpaired) electrons. The third kappa shape index (κ3) is 5.76. The van der Waals surface area contributed by atoms with Crippen molar-refractivity contribution in [2.45, 2.75) is 46.0 Å². The summed E-state index contributed by atoms with van der Waals surface area (Å²) in [6.07, 6.45) is 2.08. The molecule has 28 heavy (non-hydrogen) atoms. The third-order valence-corrected chi connectivity index (χ3v) is 4.32. The van der Waals surface area contributed by atoms with Crippen LogP contribution >= 0.6 is 24.0 Å².